The molecule has 0 spiro atoms. The summed E-state index contributed by atoms with van der Waals surface area (Å²) in [6.45, 7) is 0. The lowest BCUT2D eigenvalue weighted by Gasteiger charge is -2.09. The van der Waals surface area contributed by atoms with Gasteiger partial charge in [-0.3, -0.25) is 0 Å². The van der Waals surface area contributed by atoms with Crippen LogP contribution in [0.1, 0.15) is 6.85 Å². The zero-order valence-electron chi connectivity index (χ0n) is 30.2. The second-order valence-corrected chi connectivity index (χ2v) is 11.6. The van der Waals surface area contributed by atoms with Gasteiger partial charge in [0.1, 0.15) is 22.3 Å². The number of benzene rings is 7. The zero-order valence-corrected chi connectivity index (χ0v) is 25.2. The quantitative estimate of drug-likeness (QED) is 0.196. The lowest BCUT2D eigenvalue weighted by atomic mass is 10.0. The molecule has 0 aliphatic heterocycles. The molecule has 48 heavy (non-hydrogen) atoms. The lowest BCUT2D eigenvalue weighted by molar-refractivity contribution is 0.669. The summed E-state index contributed by atoms with van der Waals surface area (Å²) in [7, 11) is 0. The van der Waals surface area contributed by atoms with Crippen LogP contribution < -0.4 is 0 Å². The van der Waals surface area contributed by atoms with E-state index in [1.54, 1.807) is 12.1 Å². The van der Waals surface area contributed by atoms with Crippen molar-refractivity contribution in [1.82, 2.24) is 15.0 Å². The molecule has 0 bridgehead atoms. The van der Waals surface area contributed by atoms with Gasteiger partial charge in [0.2, 0.25) is 0 Å². The molecule has 0 atom stereocenters. The number of fused-ring (bicyclic) bond motifs is 8. The Bertz CT molecular complexity index is 3120. The van der Waals surface area contributed by atoms with Gasteiger partial charge in [0.15, 0.2) is 17.5 Å². The van der Waals surface area contributed by atoms with Crippen molar-refractivity contribution in [3.05, 3.63) is 152 Å². The van der Waals surface area contributed by atoms with Gasteiger partial charge in [0, 0.05) is 43.6 Å². The summed E-state index contributed by atoms with van der Waals surface area (Å²) in [5.74, 6) is 0.953. The Balaban J connectivity index is 1.20. The number of nitrogens with zero attached hydrogens (tertiary/aromatic N) is 3. The number of aromatic nitrogens is 3. The van der Waals surface area contributed by atoms with Crippen LogP contribution in [0.15, 0.2) is 160 Å². The van der Waals surface area contributed by atoms with E-state index in [1.807, 2.05) is 72.8 Å². The molecule has 3 aromatic heterocycles. The molecule has 0 saturated carbocycles. The van der Waals surface area contributed by atoms with E-state index < -0.39 is 0 Å². The summed E-state index contributed by atoms with van der Waals surface area (Å²) >= 11 is 0. The maximum absolute atomic E-state index is 9.16. The van der Waals surface area contributed by atoms with Crippen molar-refractivity contribution < 1.29 is 15.7 Å². The summed E-state index contributed by atoms with van der Waals surface area (Å²) in [5, 5.41) is 4.09. The van der Waals surface area contributed by atoms with Crippen molar-refractivity contribution in [2.75, 3.05) is 0 Å². The van der Waals surface area contributed by atoms with Crippen LogP contribution in [0.2, 0.25) is 0 Å². The number of hydrogen-bond donors (Lipinski definition) is 0. The average molecular weight is 621 g/mol. The molecule has 224 valence electrons. The largest absolute Gasteiger partial charge is 0.456 e. The van der Waals surface area contributed by atoms with Crippen molar-refractivity contribution in [2.24, 2.45) is 0 Å². The topological polar surface area (TPSA) is 65.0 Å². The minimum atomic E-state index is -0.167. The molecular formula is C43H25N3O2. The molecule has 10 aromatic rings. The maximum Gasteiger partial charge on any atom is 0.164 e. The molecule has 7 aromatic carbocycles. The molecule has 0 radical (unpaired) electrons. The standard InChI is InChI=1S/C43H25N3O2/c1-3-10-26(11-4-1)29-20-23-36-35(24-29)32-21-19-30(25-38(32)47-36)42-44-41(28-13-5-2-6-14-28)45-43(46-42)34-16-9-17-37-39(34)33-22-18-27-12-7-8-15-31(27)40(33)48-37/h1-25H/i7D,8D,9D,12D,16D. The monoisotopic (exact) mass is 620 g/mol. The molecular weight excluding hydrogens is 590 g/mol. The summed E-state index contributed by atoms with van der Waals surface area (Å²) in [4.78, 5) is 14.8. The van der Waals surface area contributed by atoms with Crippen molar-refractivity contribution in [2.45, 2.75) is 0 Å². The van der Waals surface area contributed by atoms with Gasteiger partial charge in [-0.2, -0.15) is 0 Å². The Labute approximate surface area is 281 Å². The van der Waals surface area contributed by atoms with Gasteiger partial charge in [0.05, 0.1) is 6.85 Å². The highest BCUT2D eigenvalue weighted by Crippen LogP contribution is 2.40. The van der Waals surface area contributed by atoms with E-state index >= 15 is 0 Å². The first-order valence-corrected chi connectivity index (χ1v) is 15.5. The van der Waals surface area contributed by atoms with Crippen molar-refractivity contribution in [3.63, 3.8) is 0 Å². The second-order valence-electron chi connectivity index (χ2n) is 11.6. The van der Waals surface area contributed by atoms with Gasteiger partial charge >= 0.3 is 0 Å². The first kappa shape index (κ1) is 22.0. The fraction of sp³-hybridized carbons (Fsp3) is 0. The highest BCUT2D eigenvalue weighted by atomic mass is 16.3. The molecule has 0 aliphatic rings. The van der Waals surface area contributed by atoms with Crippen molar-refractivity contribution in [3.8, 4) is 45.3 Å². The number of rotatable bonds is 4. The summed E-state index contributed by atoms with van der Waals surface area (Å²) < 4.78 is 55.5. The normalized spacial score (nSPS) is 13.2. The average Bonchev–Trinajstić information content (AvgIpc) is 3.75. The highest BCUT2D eigenvalue weighted by molar-refractivity contribution is 6.18. The Hall–Kier alpha value is -6.59. The van der Waals surface area contributed by atoms with Crippen LogP contribution in [0.3, 0.4) is 0 Å². The van der Waals surface area contributed by atoms with Crippen LogP contribution >= 0.6 is 0 Å². The molecule has 5 heteroatoms. The van der Waals surface area contributed by atoms with E-state index in [1.165, 1.54) is 12.1 Å². The molecule has 3 heterocycles. The van der Waals surface area contributed by atoms with Crippen LogP contribution in [-0.4, -0.2) is 15.0 Å². The Kier molecular flexibility index (Phi) is 4.81. The molecule has 0 saturated heterocycles. The maximum atomic E-state index is 9.16. The van der Waals surface area contributed by atoms with E-state index in [-0.39, 0.29) is 36.0 Å². The fourth-order valence-corrected chi connectivity index (χ4v) is 6.49. The predicted molar refractivity (Wildman–Crippen MR) is 194 cm³/mol. The van der Waals surface area contributed by atoms with Crippen molar-refractivity contribution in [1.29, 1.82) is 0 Å². The van der Waals surface area contributed by atoms with E-state index in [2.05, 4.69) is 24.3 Å². The summed E-state index contributed by atoms with van der Waals surface area (Å²) in [6, 6.07) is 37.9. The van der Waals surface area contributed by atoms with Gasteiger partial charge in [-0.25, -0.2) is 15.0 Å². The third kappa shape index (κ3) is 4.22. The summed E-state index contributed by atoms with van der Waals surface area (Å²) in [6.07, 6.45) is 0. The third-order valence-electron chi connectivity index (χ3n) is 8.79. The van der Waals surface area contributed by atoms with Crippen LogP contribution in [0.25, 0.3) is 99.9 Å². The van der Waals surface area contributed by atoms with E-state index in [0.717, 1.165) is 33.0 Å². The minimum absolute atomic E-state index is 0.0647. The smallest absolute Gasteiger partial charge is 0.164 e. The molecule has 5 nitrogen and oxygen atoms in total. The van der Waals surface area contributed by atoms with Crippen LogP contribution in [0.4, 0.5) is 0 Å². The molecule has 0 amide bonds. The number of furan rings is 2. The summed E-state index contributed by atoms with van der Waals surface area (Å²) in [5.41, 5.74) is 6.13. The minimum Gasteiger partial charge on any atom is -0.456 e. The molecule has 0 aliphatic carbocycles. The second kappa shape index (κ2) is 10.5. The van der Waals surface area contributed by atoms with Crippen LogP contribution in [0, 0.1) is 0 Å². The molecule has 0 unspecified atom stereocenters. The van der Waals surface area contributed by atoms with Gasteiger partial charge in [-0.1, -0.05) is 115 Å². The third-order valence-corrected chi connectivity index (χ3v) is 8.79. The van der Waals surface area contributed by atoms with E-state index in [9.17, 15) is 0 Å². The predicted octanol–water partition coefficient (Wildman–Crippen LogP) is 11.5. The van der Waals surface area contributed by atoms with Gasteiger partial charge < -0.3 is 8.83 Å². The Morgan fingerprint density at radius 1 is 0.438 bits per heavy atom. The van der Waals surface area contributed by atoms with Crippen LogP contribution in [0.5, 0.6) is 0 Å². The van der Waals surface area contributed by atoms with Crippen molar-refractivity contribution >= 4 is 54.6 Å². The Morgan fingerprint density at radius 3 is 2.04 bits per heavy atom. The fourth-order valence-electron chi connectivity index (χ4n) is 6.49. The van der Waals surface area contributed by atoms with Gasteiger partial charge in [-0.15, -0.1) is 0 Å². The molecule has 0 fully saturated rings. The highest BCUT2D eigenvalue weighted by Gasteiger charge is 2.19. The lowest BCUT2D eigenvalue weighted by Crippen LogP contribution is -2.00. The SMILES string of the molecule is [2H]c1cc2c(ccc3c2oc2cc([2H])c([2H])c(-c4nc(-c5ccccc5)nc(-c5ccc6c(c5)oc5ccc(-c7ccccc7)cc56)n4)c23)c([2H])c1[2H]. The zero-order chi connectivity index (χ0) is 36.0. The van der Waals surface area contributed by atoms with E-state index in [4.69, 9.17) is 30.6 Å². The van der Waals surface area contributed by atoms with Gasteiger partial charge in [-0.05, 0) is 52.9 Å². The Morgan fingerprint density at radius 2 is 1.19 bits per heavy atom. The first-order valence-electron chi connectivity index (χ1n) is 18.0. The first-order chi connectivity index (χ1) is 25.8. The van der Waals surface area contributed by atoms with Gasteiger partial charge in [0.25, 0.3) is 0 Å². The molecule has 0 N–H and O–H groups in total. The molecule has 10 rings (SSSR count). The van der Waals surface area contributed by atoms with E-state index in [0.29, 0.717) is 61.1 Å². The number of hydrogen-bond acceptors (Lipinski definition) is 5. The van der Waals surface area contributed by atoms with Crippen LogP contribution in [-0.2, 0) is 0 Å².